The highest BCUT2D eigenvalue weighted by molar-refractivity contribution is 5.97. The van der Waals surface area contributed by atoms with Gasteiger partial charge in [-0.15, -0.1) is 0 Å². The second-order valence-corrected chi connectivity index (χ2v) is 4.02. The average molecular weight is 220 g/mol. The number of nitrogen functional groups attached to an aromatic ring is 1. The topological polar surface area (TPSA) is 68.3 Å². The van der Waals surface area contributed by atoms with Crippen LogP contribution in [0.4, 0.5) is 0 Å². The number of amidine groups is 1. The van der Waals surface area contributed by atoms with Gasteiger partial charge in [-0.25, -0.2) is 0 Å². The molecule has 4 heteroatoms. The number of ether oxygens (including phenoxy) is 2. The second-order valence-electron chi connectivity index (χ2n) is 4.02. The zero-order valence-electron chi connectivity index (χ0n) is 9.32. The smallest absolute Gasteiger partial charge is 0.130 e. The molecule has 1 aromatic rings. The van der Waals surface area contributed by atoms with E-state index in [0.717, 1.165) is 18.6 Å². The normalized spacial score (nSPS) is 19.7. The Bertz CT molecular complexity index is 398. The SMILES string of the molecule is Cc1ccc(OC2CCOC2)c(C(=N)N)c1. The minimum absolute atomic E-state index is 0.0395. The minimum Gasteiger partial charge on any atom is -0.487 e. The van der Waals surface area contributed by atoms with Crippen LogP contribution >= 0.6 is 0 Å². The Morgan fingerprint density at radius 2 is 2.38 bits per heavy atom. The van der Waals surface area contributed by atoms with E-state index in [1.165, 1.54) is 0 Å². The van der Waals surface area contributed by atoms with Crippen molar-refractivity contribution >= 4 is 5.84 Å². The van der Waals surface area contributed by atoms with Crippen molar-refractivity contribution in [3.8, 4) is 5.75 Å². The molecule has 1 fully saturated rings. The summed E-state index contributed by atoms with van der Waals surface area (Å²) in [6, 6.07) is 5.69. The van der Waals surface area contributed by atoms with Crippen LogP contribution in [0, 0.1) is 12.3 Å². The number of aryl methyl sites for hydroxylation is 1. The van der Waals surface area contributed by atoms with Crippen LogP contribution in [0.5, 0.6) is 5.75 Å². The van der Waals surface area contributed by atoms with Crippen molar-refractivity contribution in [3.63, 3.8) is 0 Å². The molecule has 86 valence electrons. The predicted molar refractivity (Wildman–Crippen MR) is 62.0 cm³/mol. The molecule has 4 nitrogen and oxygen atoms in total. The molecule has 3 N–H and O–H groups in total. The van der Waals surface area contributed by atoms with Crippen LogP contribution in [0.1, 0.15) is 17.5 Å². The van der Waals surface area contributed by atoms with Gasteiger partial charge < -0.3 is 15.2 Å². The van der Waals surface area contributed by atoms with Gasteiger partial charge in [-0.3, -0.25) is 5.41 Å². The third-order valence-corrected chi connectivity index (χ3v) is 2.61. The first-order valence-corrected chi connectivity index (χ1v) is 5.36. The molecule has 1 aliphatic rings. The van der Waals surface area contributed by atoms with Gasteiger partial charge in [-0.05, 0) is 19.1 Å². The molecule has 0 radical (unpaired) electrons. The van der Waals surface area contributed by atoms with Gasteiger partial charge in [0.15, 0.2) is 0 Å². The summed E-state index contributed by atoms with van der Waals surface area (Å²) in [6.07, 6.45) is 0.978. The largest absolute Gasteiger partial charge is 0.487 e. The number of hydrogen-bond donors (Lipinski definition) is 2. The second kappa shape index (κ2) is 4.53. The van der Waals surface area contributed by atoms with Crippen molar-refractivity contribution in [1.82, 2.24) is 0 Å². The Morgan fingerprint density at radius 1 is 1.56 bits per heavy atom. The third kappa shape index (κ3) is 2.33. The molecule has 0 bridgehead atoms. The Morgan fingerprint density at radius 3 is 3.00 bits per heavy atom. The number of benzene rings is 1. The third-order valence-electron chi connectivity index (χ3n) is 2.61. The van der Waals surface area contributed by atoms with E-state index in [2.05, 4.69) is 0 Å². The molecule has 0 saturated carbocycles. The maximum Gasteiger partial charge on any atom is 0.130 e. The average Bonchev–Trinajstić information content (AvgIpc) is 2.73. The summed E-state index contributed by atoms with van der Waals surface area (Å²) in [6.45, 7) is 3.33. The number of rotatable bonds is 3. The molecule has 16 heavy (non-hydrogen) atoms. The number of nitrogens with one attached hydrogen (secondary N) is 1. The molecule has 1 unspecified atom stereocenters. The van der Waals surface area contributed by atoms with E-state index in [-0.39, 0.29) is 11.9 Å². The molecule has 0 amide bonds. The van der Waals surface area contributed by atoms with Crippen LogP contribution in [0.2, 0.25) is 0 Å². The standard InChI is InChI=1S/C12H16N2O2/c1-8-2-3-11(10(6-8)12(13)14)16-9-4-5-15-7-9/h2-3,6,9H,4-5,7H2,1H3,(H3,13,14). The van der Waals surface area contributed by atoms with E-state index in [4.69, 9.17) is 20.6 Å². The van der Waals surface area contributed by atoms with E-state index in [9.17, 15) is 0 Å². The van der Waals surface area contributed by atoms with E-state index in [0.29, 0.717) is 17.9 Å². The quantitative estimate of drug-likeness (QED) is 0.598. The predicted octanol–water partition coefficient (Wildman–Crippen LogP) is 1.45. The Kier molecular flexibility index (Phi) is 3.10. The Balaban J connectivity index is 2.21. The molecular weight excluding hydrogens is 204 g/mol. The molecule has 0 aromatic heterocycles. The molecule has 1 atom stereocenters. The van der Waals surface area contributed by atoms with Gasteiger partial charge >= 0.3 is 0 Å². The first-order valence-electron chi connectivity index (χ1n) is 5.36. The summed E-state index contributed by atoms with van der Waals surface area (Å²) >= 11 is 0. The van der Waals surface area contributed by atoms with Crippen molar-refractivity contribution in [2.45, 2.75) is 19.4 Å². The van der Waals surface area contributed by atoms with Gasteiger partial charge in [0.05, 0.1) is 18.8 Å². The van der Waals surface area contributed by atoms with Crippen molar-refractivity contribution in [2.24, 2.45) is 5.73 Å². The highest BCUT2D eigenvalue weighted by Gasteiger charge is 2.19. The molecule has 1 aliphatic heterocycles. The first-order chi connectivity index (χ1) is 7.66. The van der Waals surface area contributed by atoms with Crippen molar-refractivity contribution in [1.29, 1.82) is 5.41 Å². The zero-order valence-corrected chi connectivity index (χ0v) is 9.32. The summed E-state index contributed by atoms with van der Waals surface area (Å²) in [5.41, 5.74) is 7.26. The summed E-state index contributed by atoms with van der Waals surface area (Å²) in [4.78, 5) is 0. The Labute approximate surface area is 94.9 Å². The highest BCUT2D eigenvalue weighted by atomic mass is 16.5. The van der Waals surface area contributed by atoms with Gasteiger partial charge in [0, 0.05) is 6.42 Å². The van der Waals surface area contributed by atoms with Crippen molar-refractivity contribution in [2.75, 3.05) is 13.2 Å². The lowest BCUT2D eigenvalue weighted by Crippen LogP contribution is -2.19. The molecule has 2 rings (SSSR count). The monoisotopic (exact) mass is 220 g/mol. The molecule has 1 saturated heterocycles. The van der Waals surface area contributed by atoms with E-state index >= 15 is 0 Å². The summed E-state index contributed by atoms with van der Waals surface area (Å²) in [7, 11) is 0. The van der Waals surface area contributed by atoms with Gasteiger partial charge in [0.1, 0.15) is 17.7 Å². The molecular formula is C12H16N2O2. The minimum atomic E-state index is 0.0395. The van der Waals surface area contributed by atoms with Crippen LogP contribution in [0.3, 0.4) is 0 Å². The zero-order chi connectivity index (χ0) is 11.5. The summed E-state index contributed by atoms with van der Waals surface area (Å²) in [5.74, 6) is 0.714. The van der Waals surface area contributed by atoms with Crippen molar-refractivity contribution in [3.05, 3.63) is 29.3 Å². The van der Waals surface area contributed by atoms with Gasteiger partial charge in [-0.1, -0.05) is 11.6 Å². The van der Waals surface area contributed by atoms with Crippen LogP contribution in [0.25, 0.3) is 0 Å². The highest BCUT2D eigenvalue weighted by Crippen LogP contribution is 2.22. The van der Waals surface area contributed by atoms with Gasteiger partial charge in [0.25, 0.3) is 0 Å². The summed E-state index contributed by atoms with van der Waals surface area (Å²) in [5, 5.41) is 7.51. The fourth-order valence-corrected chi connectivity index (χ4v) is 1.74. The number of hydrogen-bond acceptors (Lipinski definition) is 3. The lowest BCUT2D eigenvalue weighted by molar-refractivity contribution is 0.141. The number of nitrogens with two attached hydrogens (primary N) is 1. The van der Waals surface area contributed by atoms with Crippen LogP contribution in [0.15, 0.2) is 18.2 Å². The van der Waals surface area contributed by atoms with E-state index < -0.39 is 0 Å². The molecule has 0 aliphatic carbocycles. The van der Waals surface area contributed by atoms with Gasteiger partial charge in [0.2, 0.25) is 0 Å². The van der Waals surface area contributed by atoms with Crippen LogP contribution < -0.4 is 10.5 Å². The van der Waals surface area contributed by atoms with Crippen molar-refractivity contribution < 1.29 is 9.47 Å². The fourth-order valence-electron chi connectivity index (χ4n) is 1.74. The maximum absolute atomic E-state index is 7.51. The molecule has 1 heterocycles. The first kappa shape index (κ1) is 11.0. The maximum atomic E-state index is 7.51. The lowest BCUT2D eigenvalue weighted by Gasteiger charge is -2.15. The van der Waals surface area contributed by atoms with Crippen LogP contribution in [-0.4, -0.2) is 25.2 Å². The Hall–Kier alpha value is -1.55. The van der Waals surface area contributed by atoms with Gasteiger partial charge in [-0.2, -0.15) is 0 Å². The lowest BCUT2D eigenvalue weighted by atomic mass is 10.1. The van der Waals surface area contributed by atoms with E-state index in [1.807, 2.05) is 25.1 Å². The summed E-state index contributed by atoms with van der Waals surface area (Å²) < 4.78 is 11.0. The fraction of sp³-hybridized carbons (Fsp3) is 0.417. The van der Waals surface area contributed by atoms with E-state index in [1.54, 1.807) is 0 Å². The molecule has 1 aromatic carbocycles. The van der Waals surface area contributed by atoms with Crippen LogP contribution in [-0.2, 0) is 4.74 Å². The molecule has 0 spiro atoms.